The Morgan fingerprint density at radius 3 is 2.33 bits per heavy atom. The molecule has 0 aromatic heterocycles. The van der Waals surface area contributed by atoms with E-state index in [1.165, 1.54) is 0 Å². The molecular weight excluding hydrogens is 288 g/mol. The van der Waals surface area contributed by atoms with E-state index in [0.717, 1.165) is 5.56 Å². The van der Waals surface area contributed by atoms with E-state index >= 15 is 0 Å². The number of rotatable bonds is 3. The molecule has 1 aliphatic heterocycles. The number of nitrogens with zero attached hydrogens (tertiary/aromatic N) is 1. The van der Waals surface area contributed by atoms with E-state index in [-0.39, 0.29) is 6.03 Å². The van der Waals surface area contributed by atoms with Crippen LogP contribution >= 0.6 is 0 Å². The molecule has 6 heteroatoms. The summed E-state index contributed by atoms with van der Waals surface area (Å²) in [5.41, 5.74) is 1.04. The van der Waals surface area contributed by atoms with Crippen LogP contribution in [0.1, 0.15) is 25.3 Å². The van der Waals surface area contributed by atoms with Crippen molar-refractivity contribution in [1.29, 1.82) is 0 Å². The third kappa shape index (κ3) is 3.56. The highest BCUT2D eigenvalue weighted by Crippen LogP contribution is 2.24. The Hall–Kier alpha value is -1.56. The molecule has 1 heterocycles. The van der Waals surface area contributed by atoms with Crippen LogP contribution < -0.4 is 5.32 Å². The van der Waals surface area contributed by atoms with E-state index in [1.54, 1.807) is 17.0 Å². The van der Waals surface area contributed by atoms with Crippen LogP contribution in [0, 0.1) is 6.92 Å². The number of aryl methyl sites for hydroxylation is 1. The summed E-state index contributed by atoms with van der Waals surface area (Å²) in [5, 5.41) is 2.35. The van der Waals surface area contributed by atoms with Crippen molar-refractivity contribution in [1.82, 2.24) is 10.2 Å². The van der Waals surface area contributed by atoms with Crippen LogP contribution in [0.3, 0.4) is 0 Å². The Labute approximate surface area is 126 Å². The van der Waals surface area contributed by atoms with Crippen molar-refractivity contribution in [3.05, 3.63) is 29.8 Å². The van der Waals surface area contributed by atoms with Gasteiger partial charge in [0.05, 0.1) is 10.1 Å². The quantitative estimate of drug-likeness (QED) is 0.928. The molecule has 5 nitrogen and oxygen atoms in total. The molecule has 2 rings (SSSR count). The van der Waals surface area contributed by atoms with Crippen LogP contribution in [0.2, 0.25) is 0 Å². The van der Waals surface area contributed by atoms with E-state index in [9.17, 15) is 13.2 Å². The van der Waals surface area contributed by atoms with Crippen molar-refractivity contribution in [3.63, 3.8) is 0 Å². The second-order valence-electron chi connectivity index (χ2n) is 5.38. The topological polar surface area (TPSA) is 66.5 Å². The molecule has 0 spiro atoms. The van der Waals surface area contributed by atoms with Gasteiger partial charge in [0.2, 0.25) is 0 Å². The Morgan fingerprint density at radius 2 is 1.81 bits per heavy atom. The zero-order valence-corrected chi connectivity index (χ0v) is 13.3. The monoisotopic (exact) mass is 310 g/mol. The SMILES string of the molecule is CCNC(=O)N1CCC(S(=O)(=O)c2ccc(C)cc2)CC1. The van der Waals surface area contributed by atoms with Gasteiger partial charge in [-0.2, -0.15) is 0 Å². The Kier molecular flexibility index (Phi) is 4.88. The molecule has 1 N–H and O–H groups in total. The summed E-state index contributed by atoms with van der Waals surface area (Å²) in [6.07, 6.45) is 0.987. The van der Waals surface area contributed by atoms with Crippen LogP contribution in [-0.4, -0.2) is 44.2 Å². The van der Waals surface area contributed by atoms with Gasteiger partial charge in [0.1, 0.15) is 0 Å². The second-order valence-corrected chi connectivity index (χ2v) is 7.61. The van der Waals surface area contributed by atoms with Gasteiger partial charge in [-0.25, -0.2) is 13.2 Å². The first-order valence-corrected chi connectivity index (χ1v) is 8.83. The largest absolute Gasteiger partial charge is 0.338 e. The van der Waals surface area contributed by atoms with Crippen LogP contribution in [0.25, 0.3) is 0 Å². The van der Waals surface area contributed by atoms with Gasteiger partial charge in [0.15, 0.2) is 9.84 Å². The van der Waals surface area contributed by atoms with Gasteiger partial charge in [-0.3, -0.25) is 0 Å². The summed E-state index contributed by atoms with van der Waals surface area (Å²) in [7, 11) is -3.30. The number of hydrogen-bond acceptors (Lipinski definition) is 3. The predicted octanol–water partition coefficient (Wildman–Crippen LogP) is 1.96. The fourth-order valence-electron chi connectivity index (χ4n) is 2.55. The number of benzene rings is 1. The fraction of sp³-hybridized carbons (Fsp3) is 0.533. The minimum atomic E-state index is -3.30. The summed E-state index contributed by atoms with van der Waals surface area (Å²) in [6.45, 7) is 5.36. The normalized spacial score (nSPS) is 16.8. The molecular formula is C15H22N2O3S. The Morgan fingerprint density at radius 1 is 1.24 bits per heavy atom. The number of nitrogens with one attached hydrogen (secondary N) is 1. The zero-order valence-electron chi connectivity index (χ0n) is 12.5. The number of urea groups is 1. The first-order valence-electron chi connectivity index (χ1n) is 7.28. The highest BCUT2D eigenvalue weighted by molar-refractivity contribution is 7.92. The summed E-state index contributed by atoms with van der Waals surface area (Å²) in [6, 6.07) is 6.86. The average molecular weight is 310 g/mol. The average Bonchev–Trinajstić information content (AvgIpc) is 2.48. The fourth-order valence-corrected chi connectivity index (χ4v) is 4.28. The molecule has 116 valence electrons. The Balaban J connectivity index is 2.04. The second kappa shape index (κ2) is 6.47. The molecule has 1 saturated heterocycles. The lowest BCUT2D eigenvalue weighted by Gasteiger charge is -2.31. The van der Waals surface area contributed by atoms with Crippen molar-refractivity contribution in [2.24, 2.45) is 0 Å². The number of likely N-dealkylation sites (tertiary alicyclic amines) is 1. The van der Waals surface area contributed by atoms with Crippen molar-refractivity contribution in [3.8, 4) is 0 Å². The van der Waals surface area contributed by atoms with Crippen molar-refractivity contribution >= 4 is 15.9 Å². The molecule has 0 radical (unpaired) electrons. The summed E-state index contributed by atoms with van der Waals surface area (Å²) >= 11 is 0. The minimum absolute atomic E-state index is 0.108. The molecule has 2 amide bonds. The third-order valence-corrected chi connectivity index (χ3v) is 6.12. The van der Waals surface area contributed by atoms with Crippen LogP contribution in [0.5, 0.6) is 0 Å². The molecule has 1 aromatic rings. The lowest BCUT2D eigenvalue weighted by Crippen LogP contribution is -2.46. The molecule has 0 aliphatic carbocycles. The van der Waals surface area contributed by atoms with Crippen LogP contribution in [-0.2, 0) is 9.84 Å². The van der Waals surface area contributed by atoms with E-state index in [1.807, 2.05) is 26.0 Å². The van der Waals surface area contributed by atoms with Gasteiger partial charge < -0.3 is 10.2 Å². The first-order chi connectivity index (χ1) is 9.95. The van der Waals surface area contributed by atoms with E-state index < -0.39 is 15.1 Å². The van der Waals surface area contributed by atoms with Gasteiger partial charge in [0, 0.05) is 19.6 Å². The van der Waals surface area contributed by atoms with Crippen LogP contribution in [0.4, 0.5) is 4.79 Å². The van der Waals surface area contributed by atoms with E-state index in [2.05, 4.69) is 5.32 Å². The van der Waals surface area contributed by atoms with Gasteiger partial charge in [-0.15, -0.1) is 0 Å². The lowest BCUT2D eigenvalue weighted by molar-refractivity contribution is 0.187. The van der Waals surface area contributed by atoms with Crippen molar-refractivity contribution in [2.75, 3.05) is 19.6 Å². The molecule has 21 heavy (non-hydrogen) atoms. The first kappa shape index (κ1) is 15.8. The maximum atomic E-state index is 12.6. The number of amides is 2. The highest BCUT2D eigenvalue weighted by Gasteiger charge is 2.32. The van der Waals surface area contributed by atoms with Crippen LogP contribution in [0.15, 0.2) is 29.2 Å². The molecule has 1 fully saturated rings. The molecule has 1 aromatic carbocycles. The van der Waals surface area contributed by atoms with Gasteiger partial charge in [0.25, 0.3) is 0 Å². The molecule has 1 aliphatic rings. The highest BCUT2D eigenvalue weighted by atomic mass is 32.2. The molecule has 0 saturated carbocycles. The predicted molar refractivity (Wildman–Crippen MR) is 82.0 cm³/mol. The maximum Gasteiger partial charge on any atom is 0.317 e. The van der Waals surface area contributed by atoms with Crippen molar-refractivity contribution < 1.29 is 13.2 Å². The third-order valence-electron chi connectivity index (χ3n) is 3.85. The number of hydrogen-bond donors (Lipinski definition) is 1. The zero-order chi connectivity index (χ0) is 15.5. The minimum Gasteiger partial charge on any atom is -0.338 e. The Bertz CT molecular complexity index is 588. The molecule has 0 atom stereocenters. The lowest BCUT2D eigenvalue weighted by atomic mass is 10.1. The van der Waals surface area contributed by atoms with E-state index in [4.69, 9.17) is 0 Å². The van der Waals surface area contributed by atoms with E-state index in [0.29, 0.717) is 37.4 Å². The number of carbonyl (C=O) groups is 1. The van der Waals surface area contributed by atoms with Gasteiger partial charge in [-0.05, 0) is 38.8 Å². The smallest absolute Gasteiger partial charge is 0.317 e. The number of piperidine rings is 1. The molecule has 0 unspecified atom stereocenters. The van der Waals surface area contributed by atoms with Gasteiger partial charge >= 0.3 is 6.03 Å². The maximum absolute atomic E-state index is 12.6. The summed E-state index contributed by atoms with van der Waals surface area (Å²) in [5.74, 6) is 0. The standard InChI is InChI=1S/C15H22N2O3S/c1-3-16-15(18)17-10-8-14(9-11-17)21(19,20)13-6-4-12(2)5-7-13/h4-7,14H,3,8-11H2,1-2H3,(H,16,18). The summed E-state index contributed by atoms with van der Waals surface area (Å²) < 4.78 is 25.2. The molecule has 0 bridgehead atoms. The van der Waals surface area contributed by atoms with Crippen molar-refractivity contribution in [2.45, 2.75) is 36.8 Å². The summed E-state index contributed by atoms with van der Waals surface area (Å²) in [4.78, 5) is 13.8. The van der Waals surface area contributed by atoms with Gasteiger partial charge in [-0.1, -0.05) is 17.7 Å². The number of carbonyl (C=O) groups excluding carboxylic acids is 1. The number of sulfone groups is 1.